The van der Waals surface area contributed by atoms with Crippen molar-refractivity contribution in [2.24, 2.45) is 5.14 Å². The maximum atomic E-state index is 12.9. The van der Waals surface area contributed by atoms with E-state index in [2.05, 4.69) is 0 Å². The molecule has 0 saturated carbocycles. The zero-order valence-corrected chi connectivity index (χ0v) is 15.3. The summed E-state index contributed by atoms with van der Waals surface area (Å²) in [6, 6.07) is 6.78. The molecule has 144 valence electrons. The fourth-order valence-corrected chi connectivity index (χ4v) is 3.13. The topological polar surface area (TPSA) is 86.5 Å². The Morgan fingerprint density at radius 3 is 2.41 bits per heavy atom. The van der Waals surface area contributed by atoms with Crippen LogP contribution in [-0.4, -0.2) is 21.3 Å². The molecule has 2 rings (SSSR count). The number of halogens is 4. The van der Waals surface area contributed by atoms with Crippen molar-refractivity contribution in [1.29, 1.82) is 0 Å². The van der Waals surface area contributed by atoms with Crippen molar-refractivity contribution in [3.05, 3.63) is 64.2 Å². The Kier molecular flexibility index (Phi) is 5.98. The number of alkyl halides is 3. The Morgan fingerprint density at radius 1 is 1.19 bits per heavy atom. The number of hydrogen-bond donors (Lipinski definition) is 1. The highest BCUT2D eigenvalue weighted by atomic mass is 35.5. The summed E-state index contributed by atoms with van der Waals surface area (Å²) in [7, 11) is -2.90. The number of ether oxygens (including phenoxy) is 1. The van der Waals surface area contributed by atoms with Crippen molar-refractivity contribution in [3.8, 4) is 5.75 Å². The summed E-state index contributed by atoms with van der Waals surface area (Å²) in [6.07, 6.45) is -2.46. The smallest absolute Gasteiger partial charge is 0.417 e. The van der Waals surface area contributed by atoms with Crippen molar-refractivity contribution >= 4 is 33.5 Å². The molecular formula is C17H13ClF3NO4S. The average Bonchev–Trinajstić information content (AvgIpc) is 2.58. The van der Waals surface area contributed by atoms with Gasteiger partial charge in [0.25, 0.3) is 0 Å². The largest absolute Gasteiger partial charge is 0.495 e. The molecule has 0 radical (unpaired) electrons. The lowest BCUT2D eigenvalue weighted by molar-refractivity contribution is -0.137. The highest BCUT2D eigenvalue weighted by molar-refractivity contribution is 7.89. The number of hydrogen-bond acceptors (Lipinski definition) is 4. The van der Waals surface area contributed by atoms with Crippen molar-refractivity contribution in [3.63, 3.8) is 0 Å². The molecule has 0 unspecified atom stereocenters. The van der Waals surface area contributed by atoms with Gasteiger partial charge in [0.05, 0.1) is 17.7 Å². The van der Waals surface area contributed by atoms with E-state index >= 15 is 0 Å². The van der Waals surface area contributed by atoms with Gasteiger partial charge >= 0.3 is 6.18 Å². The average molecular weight is 420 g/mol. The van der Waals surface area contributed by atoms with E-state index in [9.17, 15) is 26.4 Å². The summed E-state index contributed by atoms with van der Waals surface area (Å²) >= 11 is 5.54. The number of allylic oxidation sites excluding steroid dienone is 1. The quantitative estimate of drug-likeness (QED) is 0.588. The van der Waals surface area contributed by atoms with Gasteiger partial charge in [-0.15, -0.1) is 0 Å². The van der Waals surface area contributed by atoms with Crippen LogP contribution >= 0.6 is 11.6 Å². The number of rotatable bonds is 5. The van der Waals surface area contributed by atoms with E-state index in [4.69, 9.17) is 21.5 Å². The summed E-state index contributed by atoms with van der Waals surface area (Å²) in [5, 5.41) is 4.62. The number of benzene rings is 2. The lowest BCUT2D eigenvalue weighted by Gasteiger charge is -2.09. The van der Waals surface area contributed by atoms with Gasteiger partial charge in [0.2, 0.25) is 10.0 Å². The summed E-state index contributed by atoms with van der Waals surface area (Å²) in [5.41, 5.74) is -0.957. The van der Waals surface area contributed by atoms with Gasteiger partial charge in [0.15, 0.2) is 5.78 Å². The second-order valence-corrected chi connectivity index (χ2v) is 7.28. The van der Waals surface area contributed by atoms with Gasteiger partial charge in [0.1, 0.15) is 10.6 Å². The minimum absolute atomic E-state index is 0.0268. The second kappa shape index (κ2) is 7.71. The number of methoxy groups -OCH3 is 1. The molecule has 2 N–H and O–H groups in total. The molecular weight excluding hydrogens is 407 g/mol. The maximum absolute atomic E-state index is 12.9. The lowest BCUT2D eigenvalue weighted by Crippen LogP contribution is -2.14. The molecule has 0 aliphatic rings. The first-order chi connectivity index (χ1) is 12.4. The molecule has 0 fully saturated rings. The van der Waals surface area contributed by atoms with E-state index in [0.29, 0.717) is 0 Å². The number of primary sulfonamides is 1. The zero-order valence-electron chi connectivity index (χ0n) is 13.7. The van der Waals surface area contributed by atoms with Crippen LogP contribution in [0.5, 0.6) is 5.75 Å². The molecule has 0 aromatic heterocycles. The zero-order chi connectivity index (χ0) is 20.4. The number of nitrogens with two attached hydrogens (primary N) is 1. The van der Waals surface area contributed by atoms with Gasteiger partial charge in [-0.2, -0.15) is 13.2 Å². The van der Waals surface area contributed by atoms with Gasteiger partial charge in [0, 0.05) is 5.56 Å². The number of carbonyl (C=O) groups is 1. The van der Waals surface area contributed by atoms with Crippen LogP contribution in [0.15, 0.2) is 47.4 Å². The Balaban J connectivity index is 2.36. The second-order valence-electron chi connectivity index (χ2n) is 5.35. The van der Waals surface area contributed by atoms with Gasteiger partial charge in [-0.25, -0.2) is 13.6 Å². The highest BCUT2D eigenvalue weighted by Crippen LogP contribution is 2.35. The third-order valence-electron chi connectivity index (χ3n) is 3.48. The first-order valence-corrected chi connectivity index (χ1v) is 9.16. The number of ketones is 1. The molecule has 0 atom stereocenters. The fourth-order valence-electron chi connectivity index (χ4n) is 2.18. The van der Waals surface area contributed by atoms with Crippen LogP contribution in [0.3, 0.4) is 0 Å². The molecule has 0 aliphatic carbocycles. The first kappa shape index (κ1) is 20.9. The van der Waals surface area contributed by atoms with Crippen LogP contribution in [-0.2, 0) is 16.2 Å². The molecule has 0 aliphatic heterocycles. The summed E-state index contributed by atoms with van der Waals surface area (Å²) in [5.74, 6) is -0.670. The van der Waals surface area contributed by atoms with Crippen LogP contribution in [0, 0.1) is 0 Å². The Bertz CT molecular complexity index is 1020. The van der Waals surface area contributed by atoms with Crippen LogP contribution < -0.4 is 9.88 Å². The van der Waals surface area contributed by atoms with Gasteiger partial charge in [-0.3, -0.25) is 4.79 Å². The third-order valence-corrected chi connectivity index (χ3v) is 4.74. The van der Waals surface area contributed by atoms with E-state index in [-0.39, 0.29) is 21.8 Å². The van der Waals surface area contributed by atoms with Crippen LogP contribution in [0.2, 0.25) is 5.02 Å². The molecule has 0 heterocycles. The standard InChI is InChI=1S/C17H13ClF3NO4S/c1-26-15-7-4-11(9-16(15)27(22,24)25)14(23)6-3-10-2-5-13(18)12(8-10)17(19,20)21/h2-9H,1H3,(H2,22,24,25)/b6-3+. The monoisotopic (exact) mass is 419 g/mol. The van der Waals surface area contributed by atoms with Gasteiger partial charge < -0.3 is 4.74 Å². The maximum Gasteiger partial charge on any atom is 0.417 e. The lowest BCUT2D eigenvalue weighted by atomic mass is 10.1. The summed E-state index contributed by atoms with van der Waals surface area (Å²) in [4.78, 5) is 11.9. The molecule has 0 saturated heterocycles. The summed E-state index contributed by atoms with van der Waals surface area (Å²) in [6.45, 7) is 0. The number of carbonyl (C=O) groups excluding carboxylic acids is 1. The van der Waals surface area contributed by atoms with E-state index in [1.807, 2.05) is 0 Å². The van der Waals surface area contributed by atoms with E-state index in [0.717, 1.165) is 30.4 Å². The van der Waals surface area contributed by atoms with Crippen molar-refractivity contribution in [2.45, 2.75) is 11.1 Å². The van der Waals surface area contributed by atoms with E-state index in [1.54, 1.807) is 0 Å². The van der Waals surface area contributed by atoms with Crippen molar-refractivity contribution < 1.29 is 31.1 Å². The predicted octanol–water partition coefficient (Wildman–Crippen LogP) is 3.91. The molecule has 2 aromatic carbocycles. The minimum atomic E-state index is -4.63. The van der Waals surface area contributed by atoms with Crippen LogP contribution in [0.4, 0.5) is 13.2 Å². The molecule has 10 heteroatoms. The predicted molar refractivity (Wildman–Crippen MR) is 94.2 cm³/mol. The number of sulfonamides is 1. The van der Waals surface area contributed by atoms with E-state index < -0.39 is 32.6 Å². The van der Waals surface area contributed by atoms with Crippen LogP contribution in [0.25, 0.3) is 6.08 Å². The highest BCUT2D eigenvalue weighted by Gasteiger charge is 2.33. The molecule has 2 aromatic rings. The summed E-state index contributed by atoms with van der Waals surface area (Å²) < 4.78 is 66.6. The third kappa shape index (κ3) is 5.09. The minimum Gasteiger partial charge on any atom is -0.495 e. The molecule has 0 spiro atoms. The molecule has 5 nitrogen and oxygen atoms in total. The Labute approximate surface area is 158 Å². The Morgan fingerprint density at radius 2 is 1.85 bits per heavy atom. The normalized spacial score (nSPS) is 12.4. The van der Waals surface area contributed by atoms with Crippen molar-refractivity contribution in [1.82, 2.24) is 0 Å². The van der Waals surface area contributed by atoms with Crippen LogP contribution in [0.1, 0.15) is 21.5 Å². The molecule has 27 heavy (non-hydrogen) atoms. The van der Waals surface area contributed by atoms with Gasteiger partial charge in [-0.1, -0.05) is 23.7 Å². The molecule has 0 amide bonds. The fraction of sp³-hybridized carbons (Fsp3) is 0.118. The SMILES string of the molecule is COc1ccc(C(=O)/C=C/c2ccc(Cl)c(C(F)(F)F)c2)cc1S(N)(=O)=O. The molecule has 0 bridgehead atoms. The first-order valence-electron chi connectivity index (χ1n) is 7.23. The van der Waals surface area contributed by atoms with Gasteiger partial charge in [-0.05, 0) is 42.0 Å². The van der Waals surface area contributed by atoms with E-state index in [1.165, 1.54) is 25.3 Å². The Hall–Kier alpha value is -2.36. The van der Waals surface area contributed by atoms with Crippen molar-refractivity contribution in [2.75, 3.05) is 7.11 Å².